The van der Waals surface area contributed by atoms with Gasteiger partial charge in [0.15, 0.2) is 0 Å². The molecule has 0 bridgehead atoms. The van der Waals surface area contributed by atoms with Crippen LogP contribution in [0.1, 0.15) is 22.1 Å². The van der Waals surface area contributed by atoms with Crippen molar-refractivity contribution in [3.63, 3.8) is 0 Å². The Morgan fingerprint density at radius 1 is 1.41 bits per heavy atom. The molecule has 17 heavy (non-hydrogen) atoms. The molecule has 6 nitrogen and oxygen atoms in total. The summed E-state index contributed by atoms with van der Waals surface area (Å²) in [6, 6.07) is -0.781. The predicted octanol–water partition coefficient (Wildman–Crippen LogP) is 0.690. The molecule has 0 saturated heterocycles. The summed E-state index contributed by atoms with van der Waals surface area (Å²) in [5, 5.41) is 8.18. The van der Waals surface area contributed by atoms with Crippen molar-refractivity contribution in [2.24, 2.45) is 19.8 Å². The molecule has 1 atom stereocenters. The van der Waals surface area contributed by atoms with Crippen LogP contribution in [0, 0.1) is 0 Å². The third-order valence-corrected chi connectivity index (χ3v) is 2.77. The SMILES string of the molecule is Cn1cc(C(N)C(=O)c2c(Cl)cnn2C)cn1. The van der Waals surface area contributed by atoms with Crippen LogP contribution < -0.4 is 5.73 Å². The molecule has 0 amide bonds. The first-order chi connectivity index (χ1) is 8.00. The molecule has 0 radical (unpaired) electrons. The number of carbonyl (C=O) groups excluding carboxylic acids is 1. The number of hydrogen-bond acceptors (Lipinski definition) is 4. The molecule has 0 saturated carbocycles. The second-order valence-corrected chi connectivity index (χ2v) is 4.16. The Labute approximate surface area is 103 Å². The monoisotopic (exact) mass is 253 g/mol. The summed E-state index contributed by atoms with van der Waals surface area (Å²) < 4.78 is 3.01. The Hall–Kier alpha value is -1.66. The van der Waals surface area contributed by atoms with Gasteiger partial charge in [-0.3, -0.25) is 14.2 Å². The first kappa shape index (κ1) is 11.8. The number of rotatable bonds is 3. The van der Waals surface area contributed by atoms with Crippen molar-refractivity contribution in [1.29, 1.82) is 0 Å². The van der Waals surface area contributed by atoms with Crippen LogP contribution >= 0.6 is 11.6 Å². The minimum atomic E-state index is -0.781. The molecule has 0 spiro atoms. The second-order valence-electron chi connectivity index (χ2n) is 3.75. The molecule has 2 rings (SSSR count). The van der Waals surface area contributed by atoms with Crippen LogP contribution in [0.3, 0.4) is 0 Å². The van der Waals surface area contributed by atoms with Gasteiger partial charge in [0.05, 0.1) is 23.5 Å². The molecular formula is C10H12ClN5O. The Morgan fingerprint density at radius 2 is 2.12 bits per heavy atom. The van der Waals surface area contributed by atoms with Crippen molar-refractivity contribution in [2.45, 2.75) is 6.04 Å². The first-order valence-corrected chi connectivity index (χ1v) is 5.34. The maximum Gasteiger partial charge on any atom is 0.203 e. The Balaban J connectivity index is 2.32. The fourth-order valence-electron chi connectivity index (χ4n) is 1.59. The van der Waals surface area contributed by atoms with Gasteiger partial charge in [-0.25, -0.2) is 0 Å². The molecule has 2 N–H and O–H groups in total. The van der Waals surface area contributed by atoms with Crippen LogP contribution in [0.5, 0.6) is 0 Å². The van der Waals surface area contributed by atoms with Crippen LogP contribution in [0.15, 0.2) is 18.6 Å². The highest BCUT2D eigenvalue weighted by atomic mass is 35.5. The highest BCUT2D eigenvalue weighted by Crippen LogP contribution is 2.21. The van der Waals surface area contributed by atoms with E-state index in [9.17, 15) is 4.79 Å². The van der Waals surface area contributed by atoms with Crippen molar-refractivity contribution in [1.82, 2.24) is 19.6 Å². The van der Waals surface area contributed by atoms with E-state index in [1.807, 2.05) is 0 Å². The summed E-state index contributed by atoms with van der Waals surface area (Å²) in [5.41, 5.74) is 6.83. The molecule has 0 aliphatic carbocycles. The zero-order chi connectivity index (χ0) is 12.6. The molecular weight excluding hydrogens is 242 g/mol. The standard InChI is InChI=1S/C10H12ClN5O/c1-15-5-6(3-13-15)8(12)10(17)9-7(11)4-14-16(9)2/h3-5,8H,12H2,1-2H3. The second kappa shape index (κ2) is 4.31. The number of hydrogen-bond donors (Lipinski definition) is 1. The quantitative estimate of drug-likeness (QED) is 0.817. The van der Waals surface area contributed by atoms with Crippen LogP contribution in [0.25, 0.3) is 0 Å². The Morgan fingerprint density at radius 3 is 2.59 bits per heavy atom. The maximum atomic E-state index is 12.1. The molecule has 7 heteroatoms. The smallest absolute Gasteiger partial charge is 0.203 e. The number of aromatic nitrogens is 4. The van der Waals surface area contributed by atoms with Gasteiger partial charge in [0, 0.05) is 25.9 Å². The van der Waals surface area contributed by atoms with Gasteiger partial charge >= 0.3 is 0 Å². The molecule has 2 aromatic rings. The number of nitrogens with zero attached hydrogens (tertiary/aromatic N) is 4. The molecule has 1 unspecified atom stereocenters. The number of halogens is 1. The van der Waals surface area contributed by atoms with E-state index in [-0.39, 0.29) is 5.78 Å². The van der Waals surface area contributed by atoms with E-state index in [1.54, 1.807) is 31.2 Å². The molecule has 0 aliphatic rings. The zero-order valence-electron chi connectivity index (χ0n) is 9.46. The van der Waals surface area contributed by atoms with E-state index in [2.05, 4.69) is 10.2 Å². The largest absolute Gasteiger partial charge is 0.317 e. The minimum Gasteiger partial charge on any atom is -0.317 e. The van der Waals surface area contributed by atoms with Crippen molar-refractivity contribution >= 4 is 17.4 Å². The summed E-state index contributed by atoms with van der Waals surface area (Å²) in [4.78, 5) is 12.1. The summed E-state index contributed by atoms with van der Waals surface area (Å²) in [5.74, 6) is -0.275. The minimum absolute atomic E-state index is 0.275. The van der Waals surface area contributed by atoms with E-state index in [1.165, 1.54) is 10.9 Å². The van der Waals surface area contributed by atoms with Gasteiger partial charge in [-0.05, 0) is 0 Å². The average Bonchev–Trinajstić information content (AvgIpc) is 2.84. The molecule has 90 valence electrons. The van der Waals surface area contributed by atoms with Crippen LogP contribution in [0.2, 0.25) is 5.02 Å². The lowest BCUT2D eigenvalue weighted by Gasteiger charge is -2.08. The lowest BCUT2D eigenvalue weighted by Crippen LogP contribution is -2.23. The molecule has 0 fully saturated rings. The highest BCUT2D eigenvalue weighted by molar-refractivity contribution is 6.33. The van der Waals surface area contributed by atoms with E-state index in [0.717, 1.165) is 0 Å². The topological polar surface area (TPSA) is 78.7 Å². The van der Waals surface area contributed by atoms with Crippen LogP contribution in [0.4, 0.5) is 0 Å². The lowest BCUT2D eigenvalue weighted by molar-refractivity contribution is 0.0952. The van der Waals surface area contributed by atoms with Crippen molar-refractivity contribution < 1.29 is 4.79 Å². The third-order valence-electron chi connectivity index (χ3n) is 2.49. The van der Waals surface area contributed by atoms with E-state index < -0.39 is 6.04 Å². The van der Waals surface area contributed by atoms with E-state index >= 15 is 0 Å². The van der Waals surface area contributed by atoms with Gasteiger partial charge in [0.2, 0.25) is 5.78 Å². The third kappa shape index (κ3) is 2.09. The van der Waals surface area contributed by atoms with Gasteiger partial charge in [-0.2, -0.15) is 10.2 Å². The highest BCUT2D eigenvalue weighted by Gasteiger charge is 2.24. The van der Waals surface area contributed by atoms with Gasteiger partial charge in [0.25, 0.3) is 0 Å². The van der Waals surface area contributed by atoms with Crippen molar-refractivity contribution in [3.05, 3.63) is 34.9 Å². The molecule has 0 aromatic carbocycles. The Bertz CT molecular complexity index is 539. The zero-order valence-corrected chi connectivity index (χ0v) is 10.2. The van der Waals surface area contributed by atoms with Gasteiger partial charge in [0.1, 0.15) is 5.69 Å². The first-order valence-electron chi connectivity index (χ1n) is 4.96. The van der Waals surface area contributed by atoms with Crippen molar-refractivity contribution in [2.75, 3.05) is 0 Å². The summed E-state index contributed by atoms with van der Waals surface area (Å²) in [6.45, 7) is 0. The summed E-state index contributed by atoms with van der Waals surface area (Å²) in [7, 11) is 3.41. The van der Waals surface area contributed by atoms with Gasteiger partial charge in [-0.1, -0.05) is 11.6 Å². The number of nitrogens with two attached hydrogens (primary N) is 1. The average molecular weight is 254 g/mol. The lowest BCUT2D eigenvalue weighted by atomic mass is 10.1. The number of Topliss-reactive ketones (excluding diaryl/α,β-unsaturated/α-hetero) is 1. The Kier molecular flexibility index (Phi) is 2.99. The summed E-state index contributed by atoms with van der Waals surface area (Å²) >= 11 is 5.90. The van der Waals surface area contributed by atoms with Gasteiger partial charge in [-0.15, -0.1) is 0 Å². The normalized spacial score (nSPS) is 12.7. The van der Waals surface area contributed by atoms with Gasteiger partial charge < -0.3 is 5.73 Å². The van der Waals surface area contributed by atoms with Crippen molar-refractivity contribution in [3.8, 4) is 0 Å². The van der Waals surface area contributed by atoms with E-state index in [4.69, 9.17) is 17.3 Å². The van der Waals surface area contributed by atoms with E-state index in [0.29, 0.717) is 16.3 Å². The molecule has 2 aromatic heterocycles. The van der Waals surface area contributed by atoms with Crippen LogP contribution in [-0.4, -0.2) is 25.3 Å². The fraction of sp³-hybridized carbons (Fsp3) is 0.300. The fourth-order valence-corrected chi connectivity index (χ4v) is 1.85. The maximum absolute atomic E-state index is 12.1. The number of carbonyl (C=O) groups is 1. The number of ketones is 1. The predicted molar refractivity (Wildman–Crippen MR) is 62.7 cm³/mol. The molecule has 2 heterocycles. The summed E-state index contributed by atoms with van der Waals surface area (Å²) in [6.07, 6.45) is 4.68. The molecule has 0 aliphatic heterocycles. The number of aryl methyl sites for hydroxylation is 2. The van der Waals surface area contributed by atoms with Crippen LogP contribution in [-0.2, 0) is 14.1 Å².